The molecule has 26 heavy (non-hydrogen) atoms. The Morgan fingerprint density at radius 2 is 1.81 bits per heavy atom. The second-order valence-corrected chi connectivity index (χ2v) is 9.65. The molecule has 4 aliphatic rings. The Bertz CT molecular complexity index is 669. The van der Waals surface area contributed by atoms with Gasteiger partial charge in [0.1, 0.15) is 5.60 Å². The van der Waals surface area contributed by atoms with E-state index >= 15 is 0 Å². The van der Waals surface area contributed by atoms with Crippen LogP contribution in [0.25, 0.3) is 0 Å². The molecule has 146 valence electrons. The topological polar surface area (TPSA) is 90.2 Å². The van der Waals surface area contributed by atoms with Gasteiger partial charge in [-0.1, -0.05) is 37.6 Å². The largest absolute Gasteiger partial charge is 0.392 e. The van der Waals surface area contributed by atoms with Gasteiger partial charge in [0.2, 0.25) is 0 Å². The van der Waals surface area contributed by atoms with Crippen LogP contribution in [0.15, 0.2) is 23.8 Å². The van der Waals surface area contributed by atoms with Gasteiger partial charge in [-0.2, -0.15) is 0 Å². The molecule has 4 aliphatic carbocycles. The predicted octanol–water partition coefficient (Wildman–Crippen LogP) is 1.40. The standard InChI is InChI=1S/C21H32O5/c1-10-8-20-9-14(22)21(25)15(16(26-5)18(24)19(21,3)4)11(2)13(20)7-6-12(10)17(20)23/h8,12-18,22-25H,2,6-7,9H2,1,3-5H3/t12-,13-,14+,15+,16+,17+,18-,20+,21+/m0/s1. The number of aliphatic hydroxyl groups excluding tert-OH is 3. The molecule has 5 heteroatoms. The van der Waals surface area contributed by atoms with E-state index in [1.807, 2.05) is 6.92 Å². The second-order valence-electron chi connectivity index (χ2n) is 9.65. The van der Waals surface area contributed by atoms with E-state index in [-0.39, 0.29) is 18.3 Å². The van der Waals surface area contributed by atoms with E-state index in [0.717, 1.165) is 18.4 Å². The molecule has 0 aromatic rings. The van der Waals surface area contributed by atoms with Crippen molar-refractivity contribution in [3.8, 4) is 0 Å². The SMILES string of the molecule is C=C1[C@@H]2[C@@H](OC)[C@H](O)C(C)(C)[C@@]2(O)[C@H](O)C[C@]23C=C(C)[C@H](CC[C@@H]12)[C@H]3O. The summed E-state index contributed by atoms with van der Waals surface area (Å²) >= 11 is 0. The molecule has 0 aromatic carbocycles. The Kier molecular flexibility index (Phi) is 3.88. The number of rotatable bonds is 1. The fourth-order valence-corrected chi connectivity index (χ4v) is 6.98. The summed E-state index contributed by atoms with van der Waals surface area (Å²) in [5.74, 6) is -0.496. The molecule has 0 radical (unpaired) electrons. The first kappa shape index (κ1) is 18.6. The minimum absolute atomic E-state index is 0.0429. The molecular formula is C21H32O5. The number of ether oxygens (including phenoxy) is 1. The van der Waals surface area contributed by atoms with Crippen molar-refractivity contribution >= 4 is 0 Å². The summed E-state index contributed by atoms with van der Waals surface area (Å²) in [5, 5.41) is 45.0. The Balaban J connectivity index is 1.90. The molecule has 1 spiro atoms. The molecule has 4 rings (SSSR count). The zero-order valence-corrected chi connectivity index (χ0v) is 16.1. The van der Waals surface area contributed by atoms with E-state index in [9.17, 15) is 20.4 Å². The van der Waals surface area contributed by atoms with E-state index in [1.54, 1.807) is 13.8 Å². The highest BCUT2D eigenvalue weighted by Crippen LogP contribution is 2.66. The van der Waals surface area contributed by atoms with Gasteiger partial charge in [-0.3, -0.25) is 0 Å². The zero-order chi connectivity index (χ0) is 19.2. The maximum Gasteiger partial charge on any atom is 0.107 e. The highest BCUT2D eigenvalue weighted by Gasteiger charge is 2.72. The first-order valence-corrected chi connectivity index (χ1v) is 9.71. The van der Waals surface area contributed by atoms with E-state index in [0.29, 0.717) is 0 Å². The van der Waals surface area contributed by atoms with Crippen molar-refractivity contribution in [2.24, 2.45) is 28.6 Å². The van der Waals surface area contributed by atoms with Gasteiger partial charge in [-0.05, 0) is 32.1 Å². The van der Waals surface area contributed by atoms with Gasteiger partial charge in [0.05, 0.1) is 24.4 Å². The van der Waals surface area contributed by atoms with Crippen molar-refractivity contribution in [3.05, 3.63) is 23.8 Å². The molecule has 0 saturated heterocycles. The van der Waals surface area contributed by atoms with Crippen LogP contribution in [0.2, 0.25) is 0 Å². The highest BCUT2D eigenvalue weighted by atomic mass is 16.5. The summed E-state index contributed by atoms with van der Waals surface area (Å²) in [6, 6.07) is 0. The smallest absolute Gasteiger partial charge is 0.107 e. The fourth-order valence-electron chi connectivity index (χ4n) is 6.98. The number of aliphatic hydroxyl groups is 4. The molecule has 3 saturated carbocycles. The molecule has 0 amide bonds. The summed E-state index contributed by atoms with van der Waals surface area (Å²) < 4.78 is 5.61. The Morgan fingerprint density at radius 1 is 1.15 bits per heavy atom. The van der Waals surface area contributed by atoms with Crippen LogP contribution in [0.1, 0.15) is 40.0 Å². The van der Waals surface area contributed by atoms with Crippen LogP contribution < -0.4 is 0 Å². The van der Waals surface area contributed by atoms with Gasteiger partial charge < -0.3 is 25.2 Å². The van der Waals surface area contributed by atoms with Gasteiger partial charge >= 0.3 is 0 Å². The molecule has 3 fully saturated rings. The van der Waals surface area contributed by atoms with Crippen LogP contribution in [-0.2, 0) is 4.74 Å². The lowest BCUT2D eigenvalue weighted by Crippen LogP contribution is -2.57. The molecule has 0 heterocycles. The summed E-state index contributed by atoms with van der Waals surface area (Å²) in [5.41, 5.74) is -1.16. The average molecular weight is 364 g/mol. The third-order valence-corrected chi connectivity index (χ3v) is 8.49. The van der Waals surface area contributed by atoms with Crippen molar-refractivity contribution in [2.75, 3.05) is 7.11 Å². The molecular weight excluding hydrogens is 332 g/mol. The van der Waals surface area contributed by atoms with Crippen molar-refractivity contribution in [3.63, 3.8) is 0 Å². The van der Waals surface area contributed by atoms with E-state index in [1.165, 1.54) is 12.7 Å². The number of methoxy groups -OCH3 is 1. The molecule has 2 bridgehead atoms. The van der Waals surface area contributed by atoms with E-state index in [2.05, 4.69) is 12.7 Å². The van der Waals surface area contributed by atoms with Crippen LogP contribution >= 0.6 is 0 Å². The van der Waals surface area contributed by atoms with Gasteiger partial charge in [-0.15, -0.1) is 0 Å². The molecule has 0 aromatic heterocycles. The normalized spacial score (nSPS) is 55.2. The Morgan fingerprint density at radius 3 is 2.42 bits per heavy atom. The van der Waals surface area contributed by atoms with Crippen molar-refractivity contribution < 1.29 is 25.2 Å². The molecule has 9 atom stereocenters. The number of fused-ring (bicyclic) bond motifs is 2. The number of hydrogen-bond donors (Lipinski definition) is 4. The first-order valence-electron chi connectivity index (χ1n) is 9.71. The van der Waals surface area contributed by atoms with Gasteiger partial charge in [0, 0.05) is 29.8 Å². The number of hydrogen-bond acceptors (Lipinski definition) is 5. The molecule has 0 aliphatic heterocycles. The van der Waals surface area contributed by atoms with Crippen LogP contribution in [0.4, 0.5) is 0 Å². The fraction of sp³-hybridized carbons (Fsp3) is 0.810. The van der Waals surface area contributed by atoms with E-state index in [4.69, 9.17) is 4.74 Å². The third-order valence-electron chi connectivity index (χ3n) is 8.49. The van der Waals surface area contributed by atoms with E-state index < -0.39 is 46.8 Å². The molecule has 4 N–H and O–H groups in total. The predicted molar refractivity (Wildman–Crippen MR) is 97.2 cm³/mol. The maximum absolute atomic E-state index is 11.8. The van der Waals surface area contributed by atoms with Crippen LogP contribution in [0.3, 0.4) is 0 Å². The van der Waals surface area contributed by atoms with Crippen LogP contribution in [-0.4, -0.2) is 57.6 Å². The van der Waals surface area contributed by atoms with Gasteiger partial charge in [-0.25, -0.2) is 0 Å². The lowest BCUT2D eigenvalue weighted by molar-refractivity contribution is -0.171. The van der Waals surface area contributed by atoms with Crippen molar-refractivity contribution in [2.45, 2.75) is 70.1 Å². The quantitative estimate of drug-likeness (QED) is 0.528. The monoisotopic (exact) mass is 364 g/mol. The minimum atomic E-state index is -1.56. The lowest BCUT2D eigenvalue weighted by Gasteiger charge is -2.46. The maximum atomic E-state index is 11.8. The zero-order valence-electron chi connectivity index (χ0n) is 16.1. The van der Waals surface area contributed by atoms with Crippen LogP contribution in [0.5, 0.6) is 0 Å². The highest BCUT2D eigenvalue weighted by molar-refractivity contribution is 5.38. The summed E-state index contributed by atoms with van der Waals surface area (Å²) in [6.45, 7) is 9.95. The minimum Gasteiger partial charge on any atom is -0.392 e. The molecule has 5 nitrogen and oxygen atoms in total. The average Bonchev–Trinajstić information content (AvgIpc) is 2.78. The summed E-state index contributed by atoms with van der Waals surface area (Å²) in [7, 11) is 1.53. The van der Waals surface area contributed by atoms with Gasteiger partial charge in [0.15, 0.2) is 0 Å². The second kappa shape index (κ2) is 5.42. The summed E-state index contributed by atoms with van der Waals surface area (Å²) in [4.78, 5) is 0. The Hall–Kier alpha value is -0.720. The first-order chi connectivity index (χ1) is 12.0. The summed E-state index contributed by atoms with van der Waals surface area (Å²) in [6.07, 6.45) is 0.938. The van der Waals surface area contributed by atoms with Gasteiger partial charge in [0.25, 0.3) is 0 Å². The van der Waals surface area contributed by atoms with Crippen LogP contribution in [0, 0.1) is 28.6 Å². The molecule has 0 unspecified atom stereocenters. The third kappa shape index (κ3) is 1.84. The lowest BCUT2D eigenvalue weighted by atomic mass is 9.60. The van der Waals surface area contributed by atoms with Crippen molar-refractivity contribution in [1.82, 2.24) is 0 Å². The van der Waals surface area contributed by atoms with Crippen molar-refractivity contribution in [1.29, 1.82) is 0 Å². The Labute approximate surface area is 155 Å².